The highest BCUT2D eigenvalue weighted by Gasteiger charge is 2.29. The van der Waals surface area contributed by atoms with E-state index in [1.54, 1.807) is 6.07 Å². The summed E-state index contributed by atoms with van der Waals surface area (Å²) in [4.78, 5) is 23.4. The lowest BCUT2D eigenvalue weighted by atomic mass is 10.1. The fourth-order valence-electron chi connectivity index (χ4n) is 2.25. The third kappa shape index (κ3) is 3.33. The smallest absolute Gasteiger partial charge is 0.326 e. The van der Waals surface area contributed by atoms with Gasteiger partial charge in [-0.3, -0.25) is 4.79 Å². The molecule has 1 fully saturated rings. The number of aliphatic carboxylic acids is 1. The fraction of sp³-hybridized carbons (Fsp3) is 0.312. The molecule has 1 saturated carbocycles. The SMILES string of the molecule is O=C(N[C@H](Cc1ccccc1)C(=O)O)c1cc(C2CC2)no1. The van der Waals surface area contributed by atoms with Crippen molar-refractivity contribution in [2.75, 3.05) is 0 Å². The lowest BCUT2D eigenvalue weighted by Crippen LogP contribution is -2.42. The van der Waals surface area contributed by atoms with E-state index in [0.29, 0.717) is 5.92 Å². The van der Waals surface area contributed by atoms with E-state index in [2.05, 4.69) is 10.5 Å². The standard InChI is InChI=1S/C16H16N2O4/c19-15(14-9-12(18-22-14)11-6-7-11)17-13(16(20)21)8-10-4-2-1-3-5-10/h1-5,9,11,13H,6-8H2,(H,17,19)(H,20,21)/t13-/m1/s1. The van der Waals surface area contributed by atoms with Gasteiger partial charge in [0.1, 0.15) is 6.04 Å². The number of rotatable bonds is 6. The maximum atomic E-state index is 12.1. The van der Waals surface area contributed by atoms with Crippen LogP contribution in [0.5, 0.6) is 0 Å². The van der Waals surface area contributed by atoms with Crippen LogP contribution in [0.2, 0.25) is 0 Å². The van der Waals surface area contributed by atoms with Gasteiger partial charge in [0.25, 0.3) is 5.91 Å². The van der Waals surface area contributed by atoms with Crippen molar-refractivity contribution < 1.29 is 19.2 Å². The first-order chi connectivity index (χ1) is 10.6. The lowest BCUT2D eigenvalue weighted by molar-refractivity contribution is -0.139. The molecule has 1 aromatic carbocycles. The Morgan fingerprint density at radius 3 is 2.68 bits per heavy atom. The summed E-state index contributed by atoms with van der Waals surface area (Å²) in [5, 5.41) is 15.6. The summed E-state index contributed by atoms with van der Waals surface area (Å²) >= 11 is 0. The van der Waals surface area contributed by atoms with E-state index in [0.717, 1.165) is 24.1 Å². The average molecular weight is 300 g/mol. The summed E-state index contributed by atoms with van der Waals surface area (Å²) in [6.07, 6.45) is 2.32. The summed E-state index contributed by atoms with van der Waals surface area (Å²) in [6, 6.07) is 9.73. The monoisotopic (exact) mass is 300 g/mol. The lowest BCUT2D eigenvalue weighted by Gasteiger charge is -2.13. The van der Waals surface area contributed by atoms with Crippen molar-refractivity contribution in [1.82, 2.24) is 10.5 Å². The Morgan fingerprint density at radius 1 is 1.32 bits per heavy atom. The molecule has 2 aromatic rings. The molecule has 1 aromatic heterocycles. The number of hydrogen-bond acceptors (Lipinski definition) is 4. The fourth-order valence-corrected chi connectivity index (χ4v) is 2.25. The second kappa shape index (κ2) is 6.01. The van der Waals surface area contributed by atoms with Crippen molar-refractivity contribution in [1.29, 1.82) is 0 Å². The topological polar surface area (TPSA) is 92.4 Å². The van der Waals surface area contributed by atoms with E-state index in [4.69, 9.17) is 4.52 Å². The number of amides is 1. The van der Waals surface area contributed by atoms with Gasteiger partial charge in [-0.15, -0.1) is 0 Å². The van der Waals surface area contributed by atoms with Crippen LogP contribution >= 0.6 is 0 Å². The van der Waals surface area contributed by atoms with E-state index in [1.807, 2.05) is 30.3 Å². The van der Waals surface area contributed by atoms with Crippen molar-refractivity contribution >= 4 is 11.9 Å². The number of benzene rings is 1. The van der Waals surface area contributed by atoms with Crippen LogP contribution in [0.3, 0.4) is 0 Å². The van der Waals surface area contributed by atoms with E-state index in [1.165, 1.54) is 0 Å². The van der Waals surface area contributed by atoms with Crippen LogP contribution in [0.1, 0.15) is 40.6 Å². The van der Waals surface area contributed by atoms with Crippen LogP contribution in [0.15, 0.2) is 40.9 Å². The molecule has 6 nitrogen and oxygen atoms in total. The Balaban J connectivity index is 1.67. The van der Waals surface area contributed by atoms with Crippen molar-refractivity contribution in [2.24, 2.45) is 0 Å². The van der Waals surface area contributed by atoms with Crippen LogP contribution in [-0.2, 0) is 11.2 Å². The average Bonchev–Trinajstić information content (AvgIpc) is 3.24. The summed E-state index contributed by atoms with van der Waals surface area (Å²) in [7, 11) is 0. The summed E-state index contributed by atoms with van der Waals surface area (Å²) in [6.45, 7) is 0. The molecular formula is C16H16N2O4. The van der Waals surface area contributed by atoms with Gasteiger partial charge in [-0.25, -0.2) is 4.79 Å². The number of carbonyl (C=O) groups excluding carboxylic acids is 1. The molecule has 114 valence electrons. The third-order valence-electron chi connectivity index (χ3n) is 3.63. The number of nitrogens with one attached hydrogen (secondary N) is 1. The molecule has 3 rings (SSSR count). The summed E-state index contributed by atoms with van der Waals surface area (Å²) < 4.78 is 5.00. The second-order valence-electron chi connectivity index (χ2n) is 5.44. The third-order valence-corrected chi connectivity index (χ3v) is 3.63. The Kier molecular flexibility index (Phi) is 3.91. The van der Waals surface area contributed by atoms with Gasteiger partial charge in [0.15, 0.2) is 0 Å². The zero-order valence-electron chi connectivity index (χ0n) is 11.9. The van der Waals surface area contributed by atoms with Gasteiger partial charge in [-0.05, 0) is 18.4 Å². The summed E-state index contributed by atoms with van der Waals surface area (Å²) in [5.74, 6) is -1.20. The number of hydrogen-bond donors (Lipinski definition) is 2. The van der Waals surface area contributed by atoms with Crippen molar-refractivity contribution in [3.8, 4) is 0 Å². The highest BCUT2D eigenvalue weighted by Crippen LogP contribution is 2.39. The Labute approximate surface area is 127 Å². The van der Waals surface area contributed by atoms with Crippen molar-refractivity contribution in [3.05, 3.63) is 53.4 Å². The predicted molar refractivity (Wildman–Crippen MR) is 77.5 cm³/mol. The molecule has 0 spiro atoms. The van der Waals surface area contributed by atoms with Gasteiger partial charge in [0.2, 0.25) is 5.76 Å². The first kappa shape index (κ1) is 14.3. The molecule has 1 aliphatic rings. The largest absolute Gasteiger partial charge is 0.480 e. The minimum atomic E-state index is -1.08. The molecule has 22 heavy (non-hydrogen) atoms. The minimum absolute atomic E-state index is 0.0567. The first-order valence-corrected chi connectivity index (χ1v) is 7.17. The number of nitrogens with zero attached hydrogens (tertiary/aromatic N) is 1. The van der Waals surface area contributed by atoms with Gasteiger partial charge >= 0.3 is 5.97 Å². The van der Waals surface area contributed by atoms with Gasteiger partial charge < -0.3 is 14.9 Å². The highest BCUT2D eigenvalue weighted by molar-refractivity contribution is 5.94. The van der Waals surface area contributed by atoms with Crippen LogP contribution in [-0.4, -0.2) is 28.2 Å². The van der Waals surface area contributed by atoms with Gasteiger partial charge in [-0.2, -0.15) is 0 Å². The Bertz CT molecular complexity index is 676. The number of aromatic nitrogens is 1. The van der Waals surface area contributed by atoms with Gasteiger partial charge in [0, 0.05) is 18.4 Å². The van der Waals surface area contributed by atoms with Crippen molar-refractivity contribution in [3.63, 3.8) is 0 Å². The molecule has 0 radical (unpaired) electrons. The molecular weight excluding hydrogens is 284 g/mol. The normalized spacial score (nSPS) is 15.3. The highest BCUT2D eigenvalue weighted by atomic mass is 16.5. The van der Waals surface area contributed by atoms with E-state index in [-0.39, 0.29) is 12.2 Å². The molecule has 0 unspecified atom stereocenters. The van der Waals surface area contributed by atoms with E-state index < -0.39 is 17.9 Å². The first-order valence-electron chi connectivity index (χ1n) is 7.17. The van der Waals surface area contributed by atoms with Crippen LogP contribution in [0, 0.1) is 0 Å². The van der Waals surface area contributed by atoms with Gasteiger partial charge in [-0.1, -0.05) is 35.5 Å². The van der Waals surface area contributed by atoms with E-state index >= 15 is 0 Å². The quantitative estimate of drug-likeness (QED) is 0.851. The Morgan fingerprint density at radius 2 is 2.05 bits per heavy atom. The van der Waals surface area contributed by atoms with Crippen LogP contribution in [0.25, 0.3) is 0 Å². The molecule has 6 heteroatoms. The van der Waals surface area contributed by atoms with Crippen molar-refractivity contribution in [2.45, 2.75) is 31.2 Å². The Hall–Kier alpha value is -2.63. The molecule has 0 saturated heterocycles. The molecule has 0 bridgehead atoms. The van der Waals surface area contributed by atoms with Crippen LogP contribution < -0.4 is 5.32 Å². The molecule has 0 aliphatic heterocycles. The maximum Gasteiger partial charge on any atom is 0.326 e. The molecule has 1 atom stereocenters. The molecule has 1 heterocycles. The predicted octanol–water partition coefficient (Wildman–Crippen LogP) is 1.98. The molecule has 1 amide bonds. The van der Waals surface area contributed by atoms with Gasteiger partial charge in [0.05, 0.1) is 5.69 Å². The second-order valence-corrected chi connectivity index (χ2v) is 5.44. The maximum absolute atomic E-state index is 12.1. The minimum Gasteiger partial charge on any atom is -0.480 e. The number of carboxylic acid groups (broad SMARTS) is 1. The molecule has 2 N–H and O–H groups in total. The molecule has 1 aliphatic carbocycles. The van der Waals surface area contributed by atoms with Crippen LogP contribution in [0.4, 0.5) is 0 Å². The zero-order valence-corrected chi connectivity index (χ0v) is 11.9. The number of carboxylic acids is 1. The summed E-state index contributed by atoms with van der Waals surface area (Å²) in [5.41, 5.74) is 1.60. The number of carbonyl (C=O) groups is 2. The van der Waals surface area contributed by atoms with E-state index in [9.17, 15) is 14.7 Å². The zero-order chi connectivity index (χ0) is 15.5.